The summed E-state index contributed by atoms with van der Waals surface area (Å²) in [7, 11) is 0. The highest BCUT2D eigenvalue weighted by Gasteiger charge is 2.51. The predicted molar refractivity (Wildman–Crippen MR) is 52.8 cm³/mol. The molecular formula is C8H6O5S2. The second-order valence-electron chi connectivity index (χ2n) is 3.09. The third-order valence-corrected chi connectivity index (χ3v) is 4.90. The topological polar surface area (TPSA) is 61.8 Å². The van der Waals surface area contributed by atoms with Crippen molar-refractivity contribution in [2.24, 2.45) is 0 Å². The smallest absolute Gasteiger partial charge is 0.329 e. The van der Waals surface area contributed by atoms with Crippen LogP contribution in [0.5, 0.6) is 0 Å². The molecule has 0 bridgehead atoms. The summed E-state index contributed by atoms with van der Waals surface area (Å²) < 4.78 is 15.3. The minimum atomic E-state index is -0.483. The average Bonchev–Trinajstić information content (AvgIpc) is 2.52. The van der Waals surface area contributed by atoms with Gasteiger partial charge in [-0.05, 0) is 0 Å². The van der Waals surface area contributed by atoms with Crippen LogP contribution in [-0.2, 0) is 23.8 Å². The van der Waals surface area contributed by atoms with E-state index < -0.39 is 22.4 Å². The molecule has 0 saturated carbocycles. The number of thioether (sulfide) groups is 2. The SMILES string of the molecule is O=C1OC(=O)C2SC3=C(OCCO3)SC12. The van der Waals surface area contributed by atoms with E-state index in [1.807, 2.05) is 0 Å². The number of hydrogen-bond donors (Lipinski definition) is 0. The molecular weight excluding hydrogens is 240 g/mol. The maximum Gasteiger partial charge on any atom is 0.329 e. The lowest BCUT2D eigenvalue weighted by Gasteiger charge is -2.27. The summed E-state index contributed by atoms with van der Waals surface area (Å²) in [6, 6.07) is 0. The number of carbonyl (C=O) groups is 2. The zero-order chi connectivity index (χ0) is 10.4. The summed E-state index contributed by atoms with van der Waals surface area (Å²) in [5.74, 6) is -0.966. The van der Waals surface area contributed by atoms with Crippen LogP contribution in [0.1, 0.15) is 0 Å². The van der Waals surface area contributed by atoms with E-state index in [0.29, 0.717) is 23.4 Å². The number of fused-ring (bicyclic) bond motifs is 1. The first kappa shape index (κ1) is 9.41. The van der Waals surface area contributed by atoms with E-state index in [1.165, 1.54) is 23.5 Å². The Morgan fingerprint density at radius 1 is 0.933 bits per heavy atom. The van der Waals surface area contributed by atoms with Crippen LogP contribution in [0.25, 0.3) is 0 Å². The molecule has 0 N–H and O–H groups in total. The molecule has 2 unspecified atom stereocenters. The van der Waals surface area contributed by atoms with E-state index in [4.69, 9.17) is 9.47 Å². The first-order chi connectivity index (χ1) is 7.25. The number of esters is 2. The van der Waals surface area contributed by atoms with Crippen molar-refractivity contribution < 1.29 is 23.8 Å². The fraction of sp³-hybridized carbons (Fsp3) is 0.500. The third kappa shape index (κ3) is 1.41. The van der Waals surface area contributed by atoms with Gasteiger partial charge in [0.05, 0.1) is 0 Å². The van der Waals surface area contributed by atoms with Crippen LogP contribution < -0.4 is 0 Å². The molecule has 1 fully saturated rings. The monoisotopic (exact) mass is 246 g/mol. The molecule has 2 atom stereocenters. The van der Waals surface area contributed by atoms with Gasteiger partial charge >= 0.3 is 11.9 Å². The second-order valence-corrected chi connectivity index (χ2v) is 5.32. The van der Waals surface area contributed by atoms with E-state index in [1.54, 1.807) is 0 Å². The number of cyclic esters (lactones) is 2. The molecule has 0 radical (unpaired) electrons. The first-order valence-corrected chi connectivity index (χ1v) is 6.10. The van der Waals surface area contributed by atoms with Crippen molar-refractivity contribution in [3.63, 3.8) is 0 Å². The summed E-state index contributed by atoms with van der Waals surface area (Å²) in [5, 5.41) is 0.226. The lowest BCUT2D eigenvalue weighted by atomic mass is 10.3. The average molecular weight is 246 g/mol. The van der Waals surface area contributed by atoms with E-state index in [9.17, 15) is 9.59 Å². The van der Waals surface area contributed by atoms with Gasteiger partial charge in [0, 0.05) is 0 Å². The van der Waals surface area contributed by atoms with Crippen LogP contribution in [0.4, 0.5) is 0 Å². The molecule has 3 aliphatic heterocycles. The maximum atomic E-state index is 11.3. The third-order valence-electron chi connectivity index (χ3n) is 2.13. The van der Waals surface area contributed by atoms with Crippen molar-refractivity contribution in [1.29, 1.82) is 0 Å². The summed E-state index contributed by atoms with van der Waals surface area (Å²) in [5.41, 5.74) is 0. The standard InChI is InChI=1S/C8H6O5S2/c9-5-3-4(6(10)13-5)15-8-7(14-3)11-1-2-12-8/h3-4H,1-2H2. The van der Waals surface area contributed by atoms with Crippen molar-refractivity contribution in [1.82, 2.24) is 0 Å². The normalized spacial score (nSPS) is 33.9. The van der Waals surface area contributed by atoms with E-state index in [2.05, 4.69) is 4.74 Å². The van der Waals surface area contributed by atoms with Crippen LogP contribution in [-0.4, -0.2) is 35.7 Å². The lowest BCUT2D eigenvalue weighted by molar-refractivity contribution is -0.151. The number of hydrogen-bond acceptors (Lipinski definition) is 7. The fourth-order valence-corrected chi connectivity index (χ4v) is 3.92. The molecule has 3 rings (SSSR count). The van der Waals surface area contributed by atoms with Gasteiger partial charge in [-0.3, -0.25) is 9.59 Å². The molecule has 0 aromatic rings. The van der Waals surface area contributed by atoms with E-state index in [-0.39, 0.29) is 0 Å². The molecule has 0 spiro atoms. The van der Waals surface area contributed by atoms with Gasteiger partial charge in [0.25, 0.3) is 0 Å². The molecule has 0 aromatic heterocycles. The Bertz CT molecular complexity index is 343. The van der Waals surface area contributed by atoms with Crippen molar-refractivity contribution in [2.45, 2.75) is 10.5 Å². The number of carbonyl (C=O) groups excluding carboxylic acids is 2. The number of rotatable bonds is 0. The van der Waals surface area contributed by atoms with Gasteiger partial charge in [-0.25, -0.2) is 0 Å². The molecule has 0 amide bonds. The summed E-state index contributed by atoms with van der Waals surface area (Å²) in [6.45, 7) is 0.958. The Balaban J connectivity index is 1.91. The van der Waals surface area contributed by atoms with Crippen LogP contribution in [0.15, 0.2) is 10.2 Å². The van der Waals surface area contributed by atoms with Gasteiger partial charge < -0.3 is 14.2 Å². The summed E-state index contributed by atoms with van der Waals surface area (Å²) in [6.07, 6.45) is 0. The van der Waals surface area contributed by atoms with Crippen LogP contribution in [0.2, 0.25) is 0 Å². The molecule has 15 heavy (non-hydrogen) atoms. The first-order valence-electron chi connectivity index (χ1n) is 4.34. The Morgan fingerprint density at radius 2 is 1.40 bits per heavy atom. The number of ether oxygens (including phenoxy) is 3. The fourth-order valence-electron chi connectivity index (χ4n) is 1.46. The van der Waals surface area contributed by atoms with Gasteiger partial charge in [-0.2, -0.15) is 0 Å². The molecule has 7 heteroatoms. The van der Waals surface area contributed by atoms with Gasteiger partial charge in [0.2, 0.25) is 10.2 Å². The van der Waals surface area contributed by atoms with Crippen molar-refractivity contribution in [3.05, 3.63) is 10.2 Å². The van der Waals surface area contributed by atoms with Gasteiger partial charge in [0.15, 0.2) is 0 Å². The van der Waals surface area contributed by atoms with Crippen molar-refractivity contribution in [2.75, 3.05) is 13.2 Å². The Kier molecular flexibility index (Phi) is 2.10. The van der Waals surface area contributed by atoms with E-state index in [0.717, 1.165) is 0 Å². The molecule has 80 valence electrons. The Labute approximate surface area is 93.5 Å². The van der Waals surface area contributed by atoms with Gasteiger partial charge in [-0.1, -0.05) is 23.5 Å². The minimum absolute atomic E-state index is 0.479. The summed E-state index contributed by atoms with van der Waals surface area (Å²) >= 11 is 2.43. The molecule has 0 aliphatic carbocycles. The largest absolute Gasteiger partial charge is 0.480 e. The second kappa shape index (κ2) is 3.34. The quantitative estimate of drug-likeness (QED) is 0.454. The zero-order valence-electron chi connectivity index (χ0n) is 7.43. The van der Waals surface area contributed by atoms with Crippen LogP contribution in [0, 0.1) is 0 Å². The Morgan fingerprint density at radius 3 is 1.87 bits per heavy atom. The minimum Gasteiger partial charge on any atom is -0.480 e. The molecule has 3 heterocycles. The predicted octanol–water partition coefficient (Wildman–Crippen LogP) is 0.460. The maximum absolute atomic E-state index is 11.3. The molecule has 3 aliphatic rings. The molecule has 0 aromatic carbocycles. The molecule has 1 saturated heterocycles. The highest BCUT2D eigenvalue weighted by molar-refractivity contribution is 8.11. The van der Waals surface area contributed by atoms with Gasteiger partial charge in [0.1, 0.15) is 23.7 Å². The van der Waals surface area contributed by atoms with Crippen molar-refractivity contribution in [3.8, 4) is 0 Å². The Hall–Kier alpha value is -0.820. The van der Waals surface area contributed by atoms with Crippen LogP contribution in [0.3, 0.4) is 0 Å². The summed E-state index contributed by atoms with van der Waals surface area (Å²) in [4.78, 5) is 22.6. The molecule has 5 nitrogen and oxygen atoms in total. The highest BCUT2D eigenvalue weighted by atomic mass is 32.2. The van der Waals surface area contributed by atoms with Crippen molar-refractivity contribution >= 4 is 35.5 Å². The highest BCUT2D eigenvalue weighted by Crippen LogP contribution is 2.48. The zero-order valence-corrected chi connectivity index (χ0v) is 9.06. The van der Waals surface area contributed by atoms with Gasteiger partial charge in [-0.15, -0.1) is 0 Å². The van der Waals surface area contributed by atoms with Crippen LogP contribution >= 0.6 is 23.5 Å². The lowest BCUT2D eigenvalue weighted by Crippen LogP contribution is -2.29. The van der Waals surface area contributed by atoms with E-state index >= 15 is 0 Å².